The van der Waals surface area contributed by atoms with Gasteiger partial charge in [-0.05, 0) is 31.7 Å². The zero-order valence-corrected chi connectivity index (χ0v) is 17.6. The Morgan fingerprint density at radius 1 is 1.31 bits per heavy atom. The molecule has 0 saturated heterocycles. The number of benzene rings is 1. The largest absolute Gasteiger partial charge is 0.391 e. The number of carbonyl (C=O) groups is 1. The van der Waals surface area contributed by atoms with Crippen molar-refractivity contribution in [3.63, 3.8) is 0 Å². The number of alkyl halides is 3. The summed E-state index contributed by atoms with van der Waals surface area (Å²) in [7, 11) is 3.22. The molecule has 1 aliphatic carbocycles. The maximum Gasteiger partial charge on any atom is 0.391 e. The molecule has 10 nitrogen and oxygen atoms in total. The molecule has 0 spiro atoms. The number of nitro benzene ring substituents is 1. The molecular formula is C19H24F3N7O3. The van der Waals surface area contributed by atoms with Crippen LogP contribution in [0.4, 0.5) is 30.2 Å². The summed E-state index contributed by atoms with van der Waals surface area (Å²) in [6.07, 6.45) is -2.65. The first-order valence-electron chi connectivity index (χ1n) is 10.0. The highest BCUT2D eigenvalue weighted by atomic mass is 19.4. The molecule has 174 valence electrons. The third kappa shape index (κ3) is 5.26. The maximum absolute atomic E-state index is 13.1. The van der Waals surface area contributed by atoms with Crippen molar-refractivity contribution in [1.82, 2.24) is 20.5 Å². The molecule has 0 aliphatic heterocycles. The second kappa shape index (κ2) is 9.40. The van der Waals surface area contributed by atoms with Gasteiger partial charge in [0.2, 0.25) is 0 Å². The molecule has 1 heterocycles. The van der Waals surface area contributed by atoms with Crippen LogP contribution in [0.15, 0.2) is 18.5 Å². The highest BCUT2D eigenvalue weighted by Gasteiger charge is 2.41. The average molecular weight is 455 g/mol. The van der Waals surface area contributed by atoms with Gasteiger partial charge < -0.3 is 15.5 Å². The number of halogens is 3. The summed E-state index contributed by atoms with van der Waals surface area (Å²) in [5.41, 5.74) is 0.389. The van der Waals surface area contributed by atoms with Crippen molar-refractivity contribution in [3.8, 4) is 0 Å². The third-order valence-electron chi connectivity index (χ3n) is 5.61. The first-order chi connectivity index (χ1) is 15.1. The number of anilines is 2. The Labute approximate surface area is 181 Å². The summed E-state index contributed by atoms with van der Waals surface area (Å²) < 4.78 is 38.7. The Hall–Kier alpha value is -3.38. The Balaban J connectivity index is 1.85. The molecule has 0 unspecified atom stereocenters. The number of hydrogen-bond acceptors (Lipinski definition) is 7. The molecule has 3 rings (SSSR count). The summed E-state index contributed by atoms with van der Waals surface area (Å²) in [5.74, 6) is -1.42. The number of H-pyrrole nitrogens is 1. The number of nitrogens with one attached hydrogen (secondary N) is 3. The lowest BCUT2D eigenvalue weighted by molar-refractivity contribution is -0.383. The fourth-order valence-electron chi connectivity index (χ4n) is 3.87. The molecule has 3 N–H and O–H groups in total. The zero-order valence-electron chi connectivity index (χ0n) is 17.6. The van der Waals surface area contributed by atoms with Crippen LogP contribution in [0.1, 0.15) is 41.9 Å². The second-order valence-electron chi connectivity index (χ2n) is 7.75. The van der Waals surface area contributed by atoms with E-state index in [1.54, 1.807) is 11.9 Å². The monoisotopic (exact) mass is 455 g/mol. The van der Waals surface area contributed by atoms with E-state index in [1.807, 2.05) is 0 Å². The molecule has 13 heteroatoms. The molecule has 0 radical (unpaired) electrons. The van der Waals surface area contributed by atoms with E-state index in [2.05, 4.69) is 25.8 Å². The lowest BCUT2D eigenvalue weighted by atomic mass is 9.85. The SMILES string of the molecule is CNc1cc(N(C)Cc2ncn[nH]2)c(C(=O)NC2CCC(C(F)(F)F)CC2)cc1[N+](=O)[O-]. The van der Waals surface area contributed by atoms with Crippen LogP contribution in [0.2, 0.25) is 0 Å². The van der Waals surface area contributed by atoms with Crippen LogP contribution in [0, 0.1) is 16.0 Å². The van der Waals surface area contributed by atoms with Gasteiger partial charge in [0.05, 0.1) is 28.6 Å². The molecule has 0 bridgehead atoms. The number of hydrogen-bond donors (Lipinski definition) is 3. The molecular weight excluding hydrogens is 431 g/mol. The number of aromatic amines is 1. The van der Waals surface area contributed by atoms with E-state index in [-0.39, 0.29) is 49.2 Å². The van der Waals surface area contributed by atoms with Gasteiger partial charge in [-0.1, -0.05) is 0 Å². The topological polar surface area (TPSA) is 129 Å². The fraction of sp³-hybridized carbons (Fsp3) is 0.526. The minimum atomic E-state index is -4.24. The number of aromatic nitrogens is 3. The van der Waals surface area contributed by atoms with Gasteiger partial charge >= 0.3 is 6.18 Å². The van der Waals surface area contributed by atoms with Crippen LogP contribution >= 0.6 is 0 Å². The van der Waals surface area contributed by atoms with Gasteiger partial charge in [0, 0.05) is 26.2 Å². The molecule has 32 heavy (non-hydrogen) atoms. The summed E-state index contributed by atoms with van der Waals surface area (Å²) >= 11 is 0. The highest BCUT2D eigenvalue weighted by molar-refractivity contribution is 6.02. The van der Waals surface area contributed by atoms with E-state index < -0.39 is 29.0 Å². The first kappa shape index (κ1) is 23.3. The van der Waals surface area contributed by atoms with E-state index in [4.69, 9.17) is 0 Å². The Morgan fingerprint density at radius 2 is 2.00 bits per heavy atom. The molecule has 1 aromatic heterocycles. The summed E-state index contributed by atoms with van der Waals surface area (Å²) in [6, 6.07) is 2.23. The van der Waals surface area contributed by atoms with Crippen molar-refractivity contribution < 1.29 is 22.9 Å². The third-order valence-corrected chi connectivity index (χ3v) is 5.61. The molecule has 2 aromatic rings. The van der Waals surface area contributed by atoms with Gasteiger partial charge in [0.25, 0.3) is 11.6 Å². The number of carbonyl (C=O) groups excluding carboxylic acids is 1. The van der Waals surface area contributed by atoms with Crippen molar-refractivity contribution in [2.24, 2.45) is 5.92 Å². The van der Waals surface area contributed by atoms with Crippen LogP contribution in [0.5, 0.6) is 0 Å². The van der Waals surface area contributed by atoms with Gasteiger partial charge in [0.15, 0.2) is 0 Å². The lowest BCUT2D eigenvalue weighted by Crippen LogP contribution is -2.40. The zero-order chi connectivity index (χ0) is 23.5. The molecule has 0 atom stereocenters. The molecule has 1 saturated carbocycles. The van der Waals surface area contributed by atoms with E-state index in [1.165, 1.54) is 25.5 Å². The molecule has 1 fully saturated rings. The summed E-state index contributed by atoms with van der Waals surface area (Å²) in [4.78, 5) is 29.7. The minimum absolute atomic E-state index is 0.0515. The Kier molecular flexibility index (Phi) is 6.84. The van der Waals surface area contributed by atoms with E-state index in [0.29, 0.717) is 11.5 Å². The first-order valence-corrected chi connectivity index (χ1v) is 10.0. The van der Waals surface area contributed by atoms with Crippen molar-refractivity contribution in [1.29, 1.82) is 0 Å². The van der Waals surface area contributed by atoms with Gasteiger partial charge in [-0.2, -0.15) is 18.3 Å². The lowest BCUT2D eigenvalue weighted by Gasteiger charge is -2.30. The number of amides is 1. The molecule has 1 amide bonds. The van der Waals surface area contributed by atoms with Crippen LogP contribution in [0.3, 0.4) is 0 Å². The van der Waals surface area contributed by atoms with Gasteiger partial charge in [0.1, 0.15) is 17.8 Å². The quantitative estimate of drug-likeness (QED) is 0.432. The predicted octanol–water partition coefficient (Wildman–Crippen LogP) is 3.24. The van der Waals surface area contributed by atoms with Crippen molar-refractivity contribution in [2.75, 3.05) is 24.3 Å². The number of rotatable bonds is 7. The van der Waals surface area contributed by atoms with Gasteiger partial charge in [-0.25, -0.2) is 4.98 Å². The number of nitro groups is 1. The highest BCUT2D eigenvalue weighted by Crippen LogP contribution is 2.38. The van der Waals surface area contributed by atoms with E-state index in [0.717, 1.165) is 0 Å². The van der Waals surface area contributed by atoms with Crippen LogP contribution in [0.25, 0.3) is 0 Å². The van der Waals surface area contributed by atoms with E-state index in [9.17, 15) is 28.1 Å². The smallest absolute Gasteiger partial charge is 0.383 e. The average Bonchev–Trinajstić information content (AvgIpc) is 3.25. The summed E-state index contributed by atoms with van der Waals surface area (Å²) in [6.45, 7) is 0.248. The van der Waals surface area contributed by atoms with Gasteiger partial charge in [-0.3, -0.25) is 20.0 Å². The van der Waals surface area contributed by atoms with E-state index >= 15 is 0 Å². The standard InChI is InChI=1S/C19H24F3N7O3/c1-23-14-8-15(28(2)9-17-24-10-25-27-17)13(7-16(14)29(31)32)18(30)26-12-5-3-11(4-6-12)19(20,21)22/h7-8,10-12,23H,3-6,9H2,1-2H3,(H,26,30)(H,24,25,27). The molecule has 1 aliphatic rings. The second-order valence-corrected chi connectivity index (χ2v) is 7.75. The molecule has 1 aromatic carbocycles. The van der Waals surface area contributed by atoms with Crippen LogP contribution in [-0.4, -0.2) is 52.3 Å². The van der Waals surface area contributed by atoms with Crippen molar-refractivity contribution in [2.45, 2.75) is 44.4 Å². The maximum atomic E-state index is 13.1. The van der Waals surface area contributed by atoms with Gasteiger partial charge in [-0.15, -0.1) is 0 Å². The normalized spacial score (nSPS) is 18.8. The summed E-state index contributed by atoms with van der Waals surface area (Å²) in [5, 5.41) is 23.5. The predicted molar refractivity (Wildman–Crippen MR) is 110 cm³/mol. The Morgan fingerprint density at radius 3 is 2.53 bits per heavy atom. The van der Waals surface area contributed by atoms with Crippen LogP contribution < -0.4 is 15.5 Å². The van der Waals surface area contributed by atoms with Crippen molar-refractivity contribution in [3.05, 3.63) is 40.0 Å². The fourth-order valence-corrected chi connectivity index (χ4v) is 3.87. The van der Waals surface area contributed by atoms with Crippen molar-refractivity contribution >= 4 is 23.0 Å². The number of nitrogens with zero attached hydrogens (tertiary/aromatic N) is 4. The van der Waals surface area contributed by atoms with Crippen LogP contribution in [-0.2, 0) is 6.54 Å². The minimum Gasteiger partial charge on any atom is -0.383 e. The Bertz CT molecular complexity index is 958.